The van der Waals surface area contributed by atoms with Crippen LogP contribution in [0.5, 0.6) is 0 Å². The number of hydrazine groups is 1. The van der Waals surface area contributed by atoms with Crippen molar-refractivity contribution in [2.75, 3.05) is 6.54 Å². The fourth-order valence-corrected chi connectivity index (χ4v) is 0.166. The van der Waals surface area contributed by atoms with Crippen molar-refractivity contribution in [3.8, 4) is 0 Å². The largest absolute Gasteiger partial charge is 0.746 e. The minimum atomic E-state index is 0.0833. The van der Waals surface area contributed by atoms with Crippen LogP contribution < -0.4 is 11.3 Å². The Labute approximate surface area is 41.5 Å². The van der Waals surface area contributed by atoms with Gasteiger partial charge in [-0.2, -0.15) is 11.2 Å². The van der Waals surface area contributed by atoms with Crippen molar-refractivity contribution in [2.24, 2.45) is 5.90 Å². The van der Waals surface area contributed by atoms with E-state index in [2.05, 4.69) is 16.3 Å². The number of nitrogens with one attached hydrogen (secondary N) is 1. The quantitative estimate of drug-likeness (QED) is 0.457. The third kappa shape index (κ3) is 3.64. The predicted octanol–water partition coefficient (Wildman–Crippen LogP) is -0.884. The molecule has 0 heterocycles. The van der Waals surface area contributed by atoms with Crippen molar-refractivity contribution in [3.05, 3.63) is 5.21 Å². The molecule has 0 fully saturated rings. The first-order valence-electron chi connectivity index (χ1n) is 1.89. The zero-order valence-corrected chi connectivity index (χ0v) is 4.05. The lowest BCUT2D eigenvalue weighted by atomic mass is 10.8. The Bertz CT molecular complexity index is 41.9. The van der Waals surface area contributed by atoms with E-state index in [1.54, 1.807) is 6.92 Å². The van der Waals surface area contributed by atoms with E-state index in [-0.39, 0.29) is 5.34 Å². The summed E-state index contributed by atoms with van der Waals surface area (Å²) in [6, 6.07) is 0. The molecule has 0 aromatic rings. The molecule has 0 saturated heterocycles. The van der Waals surface area contributed by atoms with Gasteiger partial charge in [-0.3, -0.25) is 0 Å². The molecule has 0 spiro atoms. The highest BCUT2D eigenvalue weighted by Gasteiger charge is 1.77. The van der Waals surface area contributed by atoms with Crippen LogP contribution in [0.3, 0.4) is 0 Å². The number of nitrogens with zero attached hydrogens (tertiary/aromatic N) is 1. The maximum absolute atomic E-state index is 9.87. The van der Waals surface area contributed by atoms with Gasteiger partial charge < -0.3 is 5.21 Å². The Morgan fingerprint density at radius 3 is 2.71 bits per heavy atom. The van der Waals surface area contributed by atoms with Gasteiger partial charge in [0.1, 0.15) is 0 Å². The highest BCUT2D eigenvalue weighted by Crippen LogP contribution is 1.67. The number of rotatable bonds is 3. The fourth-order valence-electron chi connectivity index (χ4n) is 0.166. The molecule has 3 N–H and O–H groups in total. The summed E-state index contributed by atoms with van der Waals surface area (Å²) >= 11 is 0. The van der Waals surface area contributed by atoms with Gasteiger partial charge in [0.2, 0.25) is 0 Å². The van der Waals surface area contributed by atoms with E-state index in [0.717, 1.165) is 0 Å². The second kappa shape index (κ2) is 3.97. The lowest BCUT2D eigenvalue weighted by Gasteiger charge is -2.22. The molecule has 44 valence electrons. The van der Waals surface area contributed by atoms with E-state index in [1.807, 2.05) is 0 Å². The van der Waals surface area contributed by atoms with Crippen LogP contribution in [0.15, 0.2) is 0 Å². The first kappa shape index (κ1) is 6.80. The summed E-state index contributed by atoms with van der Waals surface area (Å²) in [7, 11) is 0. The van der Waals surface area contributed by atoms with Crippen LogP contribution in [-0.4, -0.2) is 11.9 Å². The Kier molecular flexibility index (Phi) is 3.86. The molecule has 0 unspecified atom stereocenters. The molecule has 0 aromatic heterocycles. The number of nitrogens with two attached hydrogens (primary N) is 1. The normalized spacial score (nSPS) is 10.3. The molecule has 0 aliphatic rings. The summed E-state index contributed by atoms with van der Waals surface area (Å²) in [5.74, 6) is 4.41. The van der Waals surface area contributed by atoms with Gasteiger partial charge in [-0.25, -0.2) is 10.4 Å². The third-order valence-corrected chi connectivity index (χ3v) is 0.383. The van der Waals surface area contributed by atoms with Crippen molar-refractivity contribution in [1.29, 1.82) is 0 Å². The van der Waals surface area contributed by atoms with Crippen LogP contribution in [-0.2, 0) is 4.94 Å². The summed E-state index contributed by atoms with van der Waals surface area (Å²) < 4.78 is 0. The van der Waals surface area contributed by atoms with Crippen molar-refractivity contribution in [2.45, 2.75) is 6.92 Å². The van der Waals surface area contributed by atoms with E-state index in [0.29, 0.717) is 6.54 Å². The van der Waals surface area contributed by atoms with E-state index in [4.69, 9.17) is 0 Å². The maximum Gasteiger partial charge on any atom is 0.00864 e. The Morgan fingerprint density at radius 1 is 2.00 bits per heavy atom. The minimum absolute atomic E-state index is 0.0833. The lowest BCUT2D eigenvalue weighted by Crippen LogP contribution is -2.34. The summed E-state index contributed by atoms with van der Waals surface area (Å²) in [5.41, 5.74) is 2.23. The second-order valence-corrected chi connectivity index (χ2v) is 0.874. The first-order valence-corrected chi connectivity index (χ1v) is 1.89. The molecule has 0 aliphatic carbocycles. The van der Waals surface area contributed by atoms with Crippen LogP contribution in [0.25, 0.3) is 0 Å². The fraction of sp³-hybridized carbons (Fsp3) is 1.00. The van der Waals surface area contributed by atoms with E-state index in [1.165, 1.54) is 0 Å². The third-order valence-electron chi connectivity index (χ3n) is 0.383. The highest BCUT2D eigenvalue weighted by atomic mass is 17.0. The van der Waals surface area contributed by atoms with Gasteiger partial charge in [-0.1, -0.05) is 6.92 Å². The predicted molar refractivity (Wildman–Crippen MR) is 24.2 cm³/mol. The Morgan fingerprint density at radius 2 is 2.57 bits per heavy atom. The SMILES string of the molecule is CCNN([O-])ON. The highest BCUT2D eigenvalue weighted by molar-refractivity contribution is 4.27. The number of hydrogen-bond donors (Lipinski definition) is 2. The van der Waals surface area contributed by atoms with Gasteiger partial charge in [0.05, 0.1) is 0 Å². The molecule has 0 rings (SSSR count). The molecular weight excluding hydrogens is 98.0 g/mol. The molecule has 0 aliphatic heterocycles. The molecule has 5 nitrogen and oxygen atoms in total. The van der Waals surface area contributed by atoms with Gasteiger partial charge >= 0.3 is 0 Å². The average Bonchev–Trinajstić information content (AvgIpc) is 1.68. The molecular formula is C2H8N3O2-. The molecule has 0 saturated carbocycles. The first-order chi connectivity index (χ1) is 3.31. The molecule has 5 heteroatoms. The van der Waals surface area contributed by atoms with E-state index < -0.39 is 0 Å². The monoisotopic (exact) mass is 106 g/mol. The smallest absolute Gasteiger partial charge is 0.00864 e. The summed E-state index contributed by atoms with van der Waals surface area (Å²) in [6.07, 6.45) is 0. The van der Waals surface area contributed by atoms with Crippen LogP contribution in [0.1, 0.15) is 6.92 Å². The van der Waals surface area contributed by atoms with E-state index >= 15 is 0 Å². The molecule has 0 aromatic carbocycles. The Hall–Kier alpha value is -0.200. The second-order valence-electron chi connectivity index (χ2n) is 0.874. The topological polar surface area (TPSA) is 73.6 Å². The molecule has 7 heavy (non-hydrogen) atoms. The Balaban J connectivity index is 2.83. The van der Waals surface area contributed by atoms with E-state index in [9.17, 15) is 5.21 Å². The van der Waals surface area contributed by atoms with Gasteiger partial charge in [-0.05, 0) is 0 Å². The summed E-state index contributed by atoms with van der Waals surface area (Å²) in [6.45, 7) is 2.25. The van der Waals surface area contributed by atoms with Crippen LogP contribution in [0.4, 0.5) is 0 Å². The molecule has 0 radical (unpaired) electrons. The minimum Gasteiger partial charge on any atom is -0.746 e. The van der Waals surface area contributed by atoms with Gasteiger partial charge in [0.15, 0.2) is 0 Å². The van der Waals surface area contributed by atoms with Crippen LogP contribution >= 0.6 is 0 Å². The maximum atomic E-state index is 9.87. The van der Waals surface area contributed by atoms with Crippen LogP contribution in [0, 0.1) is 5.21 Å². The molecule has 0 atom stereocenters. The molecule has 0 amide bonds. The van der Waals surface area contributed by atoms with Gasteiger partial charge in [0.25, 0.3) is 0 Å². The zero-order chi connectivity index (χ0) is 5.70. The summed E-state index contributed by atoms with van der Waals surface area (Å²) in [5, 5.41) is 9.95. The summed E-state index contributed by atoms with van der Waals surface area (Å²) in [4.78, 5) is 3.66. The lowest BCUT2D eigenvalue weighted by molar-refractivity contribution is -0.160. The number of hydrogen-bond acceptors (Lipinski definition) is 5. The van der Waals surface area contributed by atoms with Gasteiger partial charge in [-0.15, -0.1) is 0 Å². The standard InChI is InChI=1S/C2H8N3O2/c1-2-4-5(6)7-3/h4H,2-3H2,1H3/q-1. The van der Waals surface area contributed by atoms with Crippen molar-refractivity contribution in [3.63, 3.8) is 0 Å². The van der Waals surface area contributed by atoms with Crippen LogP contribution in [0.2, 0.25) is 0 Å². The zero-order valence-electron chi connectivity index (χ0n) is 4.05. The van der Waals surface area contributed by atoms with Crippen molar-refractivity contribution < 1.29 is 4.94 Å². The van der Waals surface area contributed by atoms with Crippen molar-refractivity contribution >= 4 is 0 Å². The molecule has 0 bridgehead atoms. The van der Waals surface area contributed by atoms with Crippen molar-refractivity contribution in [1.82, 2.24) is 10.8 Å². The average molecular weight is 106 g/mol. The van der Waals surface area contributed by atoms with Gasteiger partial charge in [0, 0.05) is 6.54 Å².